The van der Waals surface area contributed by atoms with Gasteiger partial charge in [0.15, 0.2) is 0 Å². The maximum absolute atomic E-state index is 5.42. The van der Waals surface area contributed by atoms with Gasteiger partial charge in [0.05, 0.1) is 6.61 Å². The second kappa shape index (κ2) is 7.93. The van der Waals surface area contributed by atoms with Crippen molar-refractivity contribution in [2.45, 2.75) is 6.42 Å². The summed E-state index contributed by atoms with van der Waals surface area (Å²) in [6, 6.07) is 4.50. The quantitative estimate of drug-likeness (QED) is 0.489. The molecule has 1 aromatic heterocycles. The van der Waals surface area contributed by atoms with E-state index < -0.39 is 0 Å². The minimum Gasteiger partial charge on any atom is -0.418 e. The van der Waals surface area contributed by atoms with E-state index in [0.29, 0.717) is 24.4 Å². The van der Waals surface area contributed by atoms with Crippen LogP contribution in [-0.4, -0.2) is 18.7 Å². The molecule has 4 heteroatoms. The Labute approximate surface area is 109 Å². The molecule has 0 unspecified atom stereocenters. The van der Waals surface area contributed by atoms with Crippen LogP contribution in [0.25, 0.3) is 0 Å². The fraction of sp³-hybridized carbons (Fsp3) is 0.300. The predicted octanol–water partition coefficient (Wildman–Crippen LogP) is 0.849. The zero-order valence-corrected chi connectivity index (χ0v) is 10.9. The molecule has 1 heterocycles. The number of hydrogen-bond acceptors (Lipinski definition) is 3. The third-order valence-electron chi connectivity index (χ3n) is 1.37. The van der Waals surface area contributed by atoms with Crippen molar-refractivity contribution in [3.63, 3.8) is 0 Å². The molecule has 71 valence electrons. The Bertz CT molecular complexity index is 313. The van der Waals surface area contributed by atoms with E-state index in [4.69, 9.17) is 10.5 Å². The number of rotatable bonds is 2. The number of pyridine rings is 1. The number of aromatic nitrogens is 1. The maximum atomic E-state index is 5.42. The number of anilines is 1. The van der Waals surface area contributed by atoms with Crippen molar-refractivity contribution in [2.24, 2.45) is 0 Å². The third-order valence-corrected chi connectivity index (χ3v) is 1.37. The zero-order chi connectivity index (χ0) is 9.52. The number of nitrogens with zero attached hydrogens (tertiary/aromatic N) is 1. The van der Waals surface area contributed by atoms with E-state index in [1.165, 1.54) is 0 Å². The first-order chi connectivity index (χ1) is 6.33. The van der Waals surface area contributed by atoms with E-state index in [2.05, 4.69) is 22.9 Å². The van der Waals surface area contributed by atoms with Gasteiger partial charge in [0.1, 0.15) is 0 Å². The molecule has 1 aromatic rings. The van der Waals surface area contributed by atoms with Gasteiger partial charge in [-0.3, -0.25) is 0 Å². The van der Waals surface area contributed by atoms with Gasteiger partial charge in [0.2, 0.25) is 0 Å². The molecule has 0 atom stereocenters. The topological polar surface area (TPSA) is 48.1 Å². The van der Waals surface area contributed by atoms with Gasteiger partial charge in [-0.25, -0.2) is 0 Å². The van der Waals surface area contributed by atoms with E-state index in [9.17, 15) is 0 Å². The standard InChI is InChI=1S/C10H11N2O.Y/c1-13-7-3-2-4-10-6-5-9(11)8-12-10;/h6,8H,3,7,11H2,1H3;/q-1;. The predicted molar refractivity (Wildman–Crippen MR) is 50.9 cm³/mol. The normalized spacial score (nSPS) is 8.36. The van der Waals surface area contributed by atoms with Crippen LogP contribution in [-0.2, 0) is 37.4 Å². The van der Waals surface area contributed by atoms with Crippen LogP contribution in [0.2, 0.25) is 0 Å². The number of ether oxygens (including phenoxy) is 1. The molecule has 0 aliphatic carbocycles. The van der Waals surface area contributed by atoms with Gasteiger partial charge in [-0.1, -0.05) is 11.9 Å². The largest absolute Gasteiger partial charge is 0.418 e. The van der Waals surface area contributed by atoms with E-state index >= 15 is 0 Å². The number of methoxy groups -OCH3 is 1. The summed E-state index contributed by atoms with van der Waals surface area (Å²) < 4.78 is 4.85. The summed E-state index contributed by atoms with van der Waals surface area (Å²) in [6.45, 7) is 0.645. The Morgan fingerprint density at radius 3 is 3.00 bits per heavy atom. The first-order valence-corrected chi connectivity index (χ1v) is 3.94. The fourth-order valence-corrected chi connectivity index (χ4v) is 0.740. The summed E-state index contributed by atoms with van der Waals surface area (Å²) in [7, 11) is 1.65. The second-order valence-corrected chi connectivity index (χ2v) is 2.43. The molecule has 0 saturated carbocycles. The molecule has 0 spiro atoms. The molecule has 0 amide bonds. The maximum Gasteiger partial charge on any atom is 0.0571 e. The fourth-order valence-electron chi connectivity index (χ4n) is 0.740. The second-order valence-electron chi connectivity index (χ2n) is 2.43. The average Bonchev–Trinajstić information content (AvgIpc) is 2.15. The molecule has 14 heavy (non-hydrogen) atoms. The first kappa shape index (κ1) is 13.6. The van der Waals surface area contributed by atoms with Crippen molar-refractivity contribution in [1.82, 2.24) is 4.98 Å². The van der Waals surface area contributed by atoms with Crippen molar-refractivity contribution in [3.8, 4) is 11.8 Å². The molecule has 0 aliphatic rings. The molecule has 1 rings (SSSR count). The first-order valence-electron chi connectivity index (χ1n) is 3.94. The number of nitrogens with two attached hydrogens (primary N) is 1. The summed E-state index contributed by atoms with van der Waals surface area (Å²) in [6.07, 6.45) is 2.25. The van der Waals surface area contributed by atoms with E-state index in [0.717, 1.165) is 0 Å². The van der Waals surface area contributed by atoms with Crippen molar-refractivity contribution in [1.29, 1.82) is 0 Å². The van der Waals surface area contributed by atoms with Crippen LogP contribution in [0.1, 0.15) is 12.1 Å². The van der Waals surface area contributed by atoms with Crippen molar-refractivity contribution >= 4 is 5.69 Å². The Kier molecular flexibility index (Phi) is 7.69. The van der Waals surface area contributed by atoms with Gasteiger partial charge in [0.25, 0.3) is 0 Å². The van der Waals surface area contributed by atoms with Crippen LogP contribution in [0.4, 0.5) is 5.69 Å². The van der Waals surface area contributed by atoms with Crippen LogP contribution in [0.3, 0.4) is 0 Å². The molecule has 0 saturated heterocycles. The summed E-state index contributed by atoms with van der Waals surface area (Å²) in [4.78, 5) is 4.01. The molecule has 1 radical (unpaired) electrons. The number of nitrogen functional groups attached to an aromatic ring is 1. The Balaban J connectivity index is 0.00000169. The van der Waals surface area contributed by atoms with Crippen LogP contribution in [0.5, 0.6) is 0 Å². The van der Waals surface area contributed by atoms with Gasteiger partial charge in [-0.05, 0) is 5.69 Å². The summed E-state index contributed by atoms with van der Waals surface area (Å²) in [5, 5.41) is 0. The van der Waals surface area contributed by atoms with Crippen molar-refractivity contribution in [3.05, 3.63) is 24.0 Å². The molecule has 0 bridgehead atoms. The van der Waals surface area contributed by atoms with Crippen LogP contribution >= 0.6 is 0 Å². The van der Waals surface area contributed by atoms with Gasteiger partial charge in [0, 0.05) is 46.2 Å². The van der Waals surface area contributed by atoms with Crippen molar-refractivity contribution in [2.75, 3.05) is 19.5 Å². The Morgan fingerprint density at radius 2 is 2.43 bits per heavy atom. The van der Waals surface area contributed by atoms with E-state index in [1.807, 2.05) is 0 Å². The Hall–Kier alpha value is -0.426. The van der Waals surface area contributed by atoms with Crippen LogP contribution in [0.15, 0.2) is 12.3 Å². The van der Waals surface area contributed by atoms with Crippen molar-refractivity contribution < 1.29 is 37.4 Å². The molecular formula is C10H11N2OY-. The molecule has 3 nitrogen and oxygen atoms in total. The monoisotopic (exact) mass is 264 g/mol. The molecule has 0 fully saturated rings. The van der Waals surface area contributed by atoms with Gasteiger partial charge >= 0.3 is 0 Å². The van der Waals surface area contributed by atoms with Crippen LogP contribution in [0, 0.1) is 17.9 Å². The average molecular weight is 264 g/mol. The SMILES string of the molecule is COCCC#Cc1c[c-]c(N)cn1.[Y]. The van der Waals surface area contributed by atoms with E-state index in [1.54, 1.807) is 19.4 Å². The van der Waals surface area contributed by atoms with Gasteiger partial charge < -0.3 is 15.5 Å². The Morgan fingerprint density at radius 1 is 1.64 bits per heavy atom. The minimum absolute atomic E-state index is 0. The zero-order valence-electron chi connectivity index (χ0n) is 8.08. The van der Waals surface area contributed by atoms with E-state index in [-0.39, 0.29) is 32.7 Å². The molecular weight excluding hydrogens is 253 g/mol. The summed E-state index contributed by atoms with van der Waals surface area (Å²) in [5.41, 5.74) is 6.63. The third kappa shape index (κ3) is 5.34. The number of hydrogen-bond donors (Lipinski definition) is 1. The molecule has 0 aromatic carbocycles. The minimum atomic E-state index is 0. The molecule has 2 N–H and O–H groups in total. The van der Waals surface area contributed by atoms with Gasteiger partial charge in [-0.2, -0.15) is 6.07 Å². The molecule has 0 aliphatic heterocycles. The smallest absolute Gasteiger partial charge is 0.0571 e. The summed E-state index contributed by atoms with van der Waals surface area (Å²) >= 11 is 0. The van der Waals surface area contributed by atoms with Gasteiger partial charge in [-0.15, -0.1) is 17.9 Å². The summed E-state index contributed by atoms with van der Waals surface area (Å²) in [5.74, 6) is 5.80. The van der Waals surface area contributed by atoms with Crippen LogP contribution < -0.4 is 5.73 Å².